The monoisotopic (exact) mass is 403 g/mol. The van der Waals surface area contributed by atoms with Crippen LogP contribution in [0.3, 0.4) is 0 Å². The summed E-state index contributed by atoms with van der Waals surface area (Å²) in [6, 6.07) is 1.17. The van der Waals surface area contributed by atoms with E-state index in [9.17, 15) is 14.0 Å². The maximum absolute atomic E-state index is 14.9. The summed E-state index contributed by atoms with van der Waals surface area (Å²) in [5.41, 5.74) is -0.378. The minimum atomic E-state index is -0.620. The van der Waals surface area contributed by atoms with Gasteiger partial charge in [0.25, 0.3) is 0 Å². The number of methoxy groups -OCH3 is 1. The fourth-order valence-electron chi connectivity index (χ4n) is 3.48. The summed E-state index contributed by atoms with van der Waals surface area (Å²) in [6.45, 7) is 0.976. The number of aromatic nitrogens is 3. The Morgan fingerprint density at radius 1 is 1.43 bits per heavy atom. The zero-order valence-electron chi connectivity index (χ0n) is 15.3. The van der Waals surface area contributed by atoms with Crippen LogP contribution in [0.4, 0.5) is 10.2 Å². The van der Waals surface area contributed by atoms with Gasteiger partial charge in [-0.3, -0.25) is 14.2 Å². The third-order valence-electron chi connectivity index (χ3n) is 4.93. The van der Waals surface area contributed by atoms with Crippen molar-refractivity contribution in [3.63, 3.8) is 0 Å². The van der Waals surface area contributed by atoms with Gasteiger partial charge in [-0.1, -0.05) is 0 Å². The van der Waals surface area contributed by atoms with Crippen molar-refractivity contribution in [1.82, 2.24) is 19.9 Å². The number of halogens is 1. The van der Waals surface area contributed by atoms with Gasteiger partial charge in [-0.05, 0) is 13.1 Å². The number of nitrogens with zero attached hydrogens (tertiary/aromatic N) is 4. The van der Waals surface area contributed by atoms with Gasteiger partial charge in [-0.2, -0.15) is 0 Å². The van der Waals surface area contributed by atoms with Gasteiger partial charge < -0.3 is 15.0 Å². The van der Waals surface area contributed by atoms with E-state index in [1.165, 1.54) is 17.5 Å². The van der Waals surface area contributed by atoms with Gasteiger partial charge in [0, 0.05) is 38.0 Å². The van der Waals surface area contributed by atoms with Crippen molar-refractivity contribution in [1.29, 1.82) is 0 Å². The Hall–Kier alpha value is -2.69. The first-order valence-corrected chi connectivity index (χ1v) is 9.51. The summed E-state index contributed by atoms with van der Waals surface area (Å²) >= 11 is 1.32. The predicted molar refractivity (Wildman–Crippen MR) is 104 cm³/mol. The van der Waals surface area contributed by atoms with Gasteiger partial charge in [0.2, 0.25) is 5.43 Å². The zero-order chi connectivity index (χ0) is 19.8. The molecule has 3 aromatic heterocycles. The number of ether oxygens (including phenoxy) is 1. The topological polar surface area (TPSA) is 89.4 Å². The van der Waals surface area contributed by atoms with E-state index in [0.29, 0.717) is 24.5 Å². The molecule has 3 aromatic rings. The fourth-order valence-corrected chi connectivity index (χ4v) is 4.10. The van der Waals surface area contributed by atoms with Gasteiger partial charge in [0.1, 0.15) is 0 Å². The van der Waals surface area contributed by atoms with E-state index in [4.69, 9.17) is 4.74 Å². The van der Waals surface area contributed by atoms with Gasteiger partial charge >= 0.3 is 0 Å². The molecule has 0 spiro atoms. The quantitative estimate of drug-likeness (QED) is 0.641. The number of fused-ring (bicyclic) bond motifs is 1. The number of rotatable bonds is 5. The number of likely N-dealkylation sites (N-methyl/N-ethyl adjacent to an activating group) is 1. The molecular weight excluding hydrogens is 385 g/mol. The molecule has 0 amide bonds. The number of anilines is 1. The Bertz CT molecular complexity index is 1070. The smallest absolute Gasteiger partial charge is 0.201 e. The normalized spacial score (nSPS) is 19.5. The van der Waals surface area contributed by atoms with E-state index >= 15 is 0 Å². The minimum Gasteiger partial charge on any atom is -0.378 e. The van der Waals surface area contributed by atoms with Crippen LogP contribution in [-0.2, 0) is 4.74 Å². The second-order valence-electron chi connectivity index (χ2n) is 6.46. The molecule has 4 heterocycles. The third-order valence-corrected chi connectivity index (χ3v) is 5.70. The molecule has 10 heteroatoms. The highest BCUT2D eigenvalue weighted by molar-refractivity contribution is 7.12. The van der Waals surface area contributed by atoms with Crippen LogP contribution in [0.25, 0.3) is 16.2 Å². The summed E-state index contributed by atoms with van der Waals surface area (Å²) in [4.78, 5) is 34.4. The highest BCUT2D eigenvalue weighted by Crippen LogP contribution is 2.27. The molecule has 0 aliphatic carbocycles. The molecule has 0 aromatic carbocycles. The first-order valence-electron chi connectivity index (χ1n) is 8.63. The van der Waals surface area contributed by atoms with Gasteiger partial charge in [-0.15, -0.1) is 11.3 Å². The summed E-state index contributed by atoms with van der Waals surface area (Å²) in [5.74, 6) is -0.485. The number of carbonyl (C=O) groups excluding carboxylic acids is 1. The third kappa shape index (κ3) is 2.99. The second kappa shape index (κ2) is 7.38. The van der Waals surface area contributed by atoms with Crippen molar-refractivity contribution in [3.05, 3.63) is 45.4 Å². The van der Waals surface area contributed by atoms with E-state index in [2.05, 4.69) is 15.3 Å². The van der Waals surface area contributed by atoms with Crippen LogP contribution in [0.15, 0.2) is 28.6 Å². The molecule has 2 atom stereocenters. The van der Waals surface area contributed by atoms with Crippen LogP contribution in [0.5, 0.6) is 0 Å². The lowest BCUT2D eigenvalue weighted by Gasteiger charge is -2.19. The molecule has 28 heavy (non-hydrogen) atoms. The number of carbonyl (C=O) groups is 1. The lowest BCUT2D eigenvalue weighted by atomic mass is 10.2. The molecule has 1 N–H and O–H groups in total. The van der Waals surface area contributed by atoms with Crippen molar-refractivity contribution in [2.24, 2.45) is 0 Å². The molecule has 146 valence electrons. The van der Waals surface area contributed by atoms with Crippen LogP contribution in [0.1, 0.15) is 10.4 Å². The largest absolute Gasteiger partial charge is 0.378 e. The number of hydrogen-bond donors (Lipinski definition) is 1. The Labute approximate surface area is 163 Å². The van der Waals surface area contributed by atoms with Crippen LogP contribution < -0.4 is 15.6 Å². The lowest BCUT2D eigenvalue weighted by Crippen LogP contribution is -2.37. The van der Waals surface area contributed by atoms with Gasteiger partial charge in [-0.25, -0.2) is 14.4 Å². The molecule has 8 nitrogen and oxygen atoms in total. The maximum Gasteiger partial charge on any atom is 0.201 e. The molecule has 1 saturated heterocycles. The molecular formula is C18H18FN5O3S. The minimum absolute atomic E-state index is 0.0282. The van der Waals surface area contributed by atoms with Crippen molar-refractivity contribution in [3.8, 4) is 5.13 Å². The number of aldehydes is 1. The van der Waals surface area contributed by atoms with Crippen LogP contribution in [0.2, 0.25) is 0 Å². The summed E-state index contributed by atoms with van der Waals surface area (Å²) in [5, 5.41) is 5.50. The summed E-state index contributed by atoms with van der Waals surface area (Å²) in [7, 11) is 3.44. The molecule has 4 rings (SSSR count). The molecule has 0 radical (unpaired) electrons. The molecule has 1 aliphatic heterocycles. The highest BCUT2D eigenvalue weighted by atomic mass is 32.1. The van der Waals surface area contributed by atoms with Crippen LogP contribution >= 0.6 is 11.3 Å². The Balaban J connectivity index is 1.91. The number of pyridine rings is 2. The Morgan fingerprint density at radius 2 is 2.25 bits per heavy atom. The average molecular weight is 403 g/mol. The van der Waals surface area contributed by atoms with E-state index in [0.717, 1.165) is 6.07 Å². The first kappa shape index (κ1) is 18.7. The van der Waals surface area contributed by atoms with Crippen LogP contribution in [0, 0.1) is 5.82 Å². The molecule has 0 bridgehead atoms. The van der Waals surface area contributed by atoms with Crippen molar-refractivity contribution in [2.45, 2.75) is 12.1 Å². The Kier molecular flexibility index (Phi) is 4.92. The van der Waals surface area contributed by atoms with E-state index in [-0.39, 0.29) is 34.6 Å². The second-order valence-corrected chi connectivity index (χ2v) is 7.33. The van der Waals surface area contributed by atoms with Gasteiger partial charge in [0.05, 0.1) is 23.1 Å². The lowest BCUT2D eigenvalue weighted by molar-refractivity contribution is 0.0996. The van der Waals surface area contributed by atoms with E-state index in [1.54, 1.807) is 28.2 Å². The maximum atomic E-state index is 14.9. The number of nitrogens with one attached hydrogen (secondary N) is 1. The SMILES string of the molecule is CN[C@H]1CN(c2nc3c(cc2F)c(=O)c(C=O)cn3-c2nccs2)C[C@@H]1OC. The van der Waals surface area contributed by atoms with Gasteiger partial charge in [0.15, 0.2) is 28.7 Å². The number of hydrogen-bond acceptors (Lipinski definition) is 8. The molecule has 1 aliphatic rings. The van der Waals surface area contributed by atoms with E-state index < -0.39 is 11.2 Å². The van der Waals surface area contributed by atoms with Crippen molar-refractivity contribution in [2.75, 3.05) is 32.1 Å². The standard InChI is InChI=1S/C18H18FN5O3S/c1-20-13-7-23(8-14(13)27-2)17-12(19)5-11-15(26)10(9-25)6-24(16(11)22-17)18-21-3-4-28-18/h3-6,9,13-14,20H,7-8H2,1-2H3/t13-,14-/m0/s1. The molecule has 0 saturated carbocycles. The van der Waals surface area contributed by atoms with Crippen LogP contribution in [-0.4, -0.2) is 60.2 Å². The van der Waals surface area contributed by atoms with E-state index in [1.807, 2.05) is 7.05 Å². The Morgan fingerprint density at radius 3 is 2.86 bits per heavy atom. The first-order chi connectivity index (χ1) is 13.6. The molecule has 0 unspecified atom stereocenters. The van der Waals surface area contributed by atoms with Crippen molar-refractivity contribution < 1.29 is 13.9 Å². The summed E-state index contributed by atoms with van der Waals surface area (Å²) < 4.78 is 21.9. The zero-order valence-corrected chi connectivity index (χ0v) is 16.1. The summed E-state index contributed by atoms with van der Waals surface area (Å²) in [6.07, 6.45) is 3.35. The fraction of sp³-hybridized carbons (Fsp3) is 0.333. The number of thiazole rings is 1. The highest BCUT2D eigenvalue weighted by Gasteiger charge is 2.34. The van der Waals surface area contributed by atoms with Crippen molar-refractivity contribution >= 4 is 34.5 Å². The average Bonchev–Trinajstić information content (AvgIpc) is 3.38. The molecule has 1 fully saturated rings. The predicted octanol–water partition coefficient (Wildman–Crippen LogP) is 1.22.